The van der Waals surface area contributed by atoms with Crippen LogP contribution in [0.5, 0.6) is 0 Å². The number of carbonyl (C=O) groups excluding carboxylic acids is 2. The molecular weight excluding hydrogens is 344 g/mol. The number of nitrogens with one attached hydrogen (secondary N) is 1. The first-order valence-electron chi connectivity index (χ1n) is 8.75. The summed E-state index contributed by atoms with van der Waals surface area (Å²) in [6.07, 6.45) is 0.710. The molecule has 1 aliphatic rings. The molecule has 27 heavy (non-hydrogen) atoms. The van der Waals surface area contributed by atoms with Crippen LogP contribution in [0.25, 0.3) is 0 Å². The number of anilines is 1. The van der Waals surface area contributed by atoms with Crippen molar-refractivity contribution in [3.05, 3.63) is 65.7 Å². The number of carbonyl (C=O) groups is 2. The first kappa shape index (κ1) is 18.9. The highest BCUT2D eigenvalue weighted by molar-refractivity contribution is 5.95. The van der Waals surface area contributed by atoms with Crippen LogP contribution in [0.3, 0.4) is 0 Å². The highest BCUT2D eigenvalue weighted by Crippen LogP contribution is 2.29. The minimum Gasteiger partial charge on any atom is -0.322 e. The molecule has 1 atom stereocenters. The van der Waals surface area contributed by atoms with Crippen LogP contribution in [-0.2, 0) is 10.4 Å². The van der Waals surface area contributed by atoms with Gasteiger partial charge in [-0.05, 0) is 36.2 Å². The summed E-state index contributed by atoms with van der Waals surface area (Å²) in [5.41, 5.74) is 8.12. The Kier molecular flexibility index (Phi) is 5.43. The minimum atomic E-state index is -0.528. The van der Waals surface area contributed by atoms with Crippen LogP contribution in [0, 0.1) is 0 Å². The minimum absolute atomic E-state index is 0.202. The van der Waals surface area contributed by atoms with Gasteiger partial charge in [0.05, 0.1) is 12.6 Å². The van der Waals surface area contributed by atoms with Gasteiger partial charge in [-0.25, -0.2) is 9.86 Å². The standard InChI is InChI=1S/C20H24N4O3/c1-23(27-2)18(25)15-8-10-17(11-9-15)22-19(26)24-13-12-20(21,14-24)16-6-4-3-5-7-16/h3-11H,12-14,21H2,1-2H3,(H,22,26). The average Bonchev–Trinajstić information content (AvgIpc) is 3.12. The van der Waals surface area contributed by atoms with Crippen LogP contribution in [0.15, 0.2) is 54.6 Å². The fourth-order valence-corrected chi connectivity index (χ4v) is 3.18. The van der Waals surface area contributed by atoms with Gasteiger partial charge in [0.2, 0.25) is 0 Å². The lowest BCUT2D eigenvalue weighted by atomic mass is 9.90. The van der Waals surface area contributed by atoms with Crippen molar-refractivity contribution in [3.8, 4) is 0 Å². The molecule has 7 nitrogen and oxygen atoms in total. The van der Waals surface area contributed by atoms with E-state index in [9.17, 15) is 9.59 Å². The second kappa shape index (κ2) is 7.77. The van der Waals surface area contributed by atoms with Crippen molar-refractivity contribution >= 4 is 17.6 Å². The van der Waals surface area contributed by atoms with Gasteiger partial charge >= 0.3 is 6.03 Å². The average molecular weight is 368 g/mol. The predicted octanol–water partition coefficient (Wildman–Crippen LogP) is 2.41. The molecule has 0 spiro atoms. The maximum atomic E-state index is 12.6. The summed E-state index contributed by atoms with van der Waals surface area (Å²) in [7, 11) is 2.96. The predicted molar refractivity (Wildman–Crippen MR) is 103 cm³/mol. The van der Waals surface area contributed by atoms with E-state index in [1.165, 1.54) is 14.2 Å². The largest absolute Gasteiger partial charge is 0.322 e. The zero-order valence-corrected chi connectivity index (χ0v) is 15.5. The van der Waals surface area contributed by atoms with E-state index in [4.69, 9.17) is 10.6 Å². The fraction of sp³-hybridized carbons (Fsp3) is 0.300. The summed E-state index contributed by atoms with van der Waals surface area (Å²) in [4.78, 5) is 31.2. The van der Waals surface area contributed by atoms with E-state index in [1.807, 2.05) is 30.3 Å². The number of nitrogens with zero attached hydrogens (tertiary/aromatic N) is 2. The van der Waals surface area contributed by atoms with Gasteiger partial charge in [0.15, 0.2) is 0 Å². The van der Waals surface area contributed by atoms with Gasteiger partial charge in [-0.15, -0.1) is 0 Å². The molecule has 3 rings (SSSR count). The molecule has 3 N–H and O–H groups in total. The van der Waals surface area contributed by atoms with E-state index >= 15 is 0 Å². The van der Waals surface area contributed by atoms with Gasteiger partial charge in [-0.1, -0.05) is 30.3 Å². The monoisotopic (exact) mass is 368 g/mol. The maximum Gasteiger partial charge on any atom is 0.321 e. The van der Waals surface area contributed by atoms with Gasteiger partial charge < -0.3 is 16.0 Å². The summed E-state index contributed by atoms with van der Waals surface area (Å²) < 4.78 is 0. The van der Waals surface area contributed by atoms with Crippen LogP contribution in [0.1, 0.15) is 22.3 Å². The number of hydrogen-bond donors (Lipinski definition) is 2. The van der Waals surface area contributed by atoms with E-state index in [0.29, 0.717) is 30.8 Å². The summed E-state index contributed by atoms with van der Waals surface area (Å²) in [6.45, 7) is 1.05. The third-order valence-corrected chi connectivity index (χ3v) is 4.88. The molecule has 142 valence electrons. The molecule has 0 bridgehead atoms. The molecule has 1 saturated heterocycles. The molecule has 0 saturated carbocycles. The Labute approximate surface area is 158 Å². The number of likely N-dealkylation sites (tertiary alicyclic amines) is 1. The van der Waals surface area contributed by atoms with E-state index in [-0.39, 0.29) is 11.9 Å². The summed E-state index contributed by atoms with van der Waals surface area (Å²) in [5.74, 6) is -0.259. The Morgan fingerprint density at radius 3 is 2.44 bits per heavy atom. The molecule has 0 aromatic heterocycles. The first-order chi connectivity index (χ1) is 12.9. The molecule has 1 fully saturated rings. The first-order valence-corrected chi connectivity index (χ1v) is 8.75. The van der Waals surface area contributed by atoms with Gasteiger partial charge in [0.25, 0.3) is 5.91 Å². The number of benzene rings is 2. The van der Waals surface area contributed by atoms with Gasteiger partial charge in [-0.2, -0.15) is 0 Å². The molecule has 2 aromatic rings. The van der Waals surface area contributed by atoms with Gasteiger partial charge in [0, 0.05) is 31.4 Å². The van der Waals surface area contributed by atoms with Crippen molar-refractivity contribution in [2.45, 2.75) is 12.0 Å². The SMILES string of the molecule is CON(C)C(=O)c1ccc(NC(=O)N2CCC(N)(c3ccccc3)C2)cc1. The lowest BCUT2D eigenvalue weighted by Gasteiger charge is -2.25. The molecule has 3 amide bonds. The van der Waals surface area contributed by atoms with Crippen molar-refractivity contribution in [3.63, 3.8) is 0 Å². The van der Waals surface area contributed by atoms with E-state index in [2.05, 4.69) is 5.32 Å². The van der Waals surface area contributed by atoms with Crippen molar-refractivity contribution < 1.29 is 14.4 Å². The van der Waals surface area contributed by atoms with Gasteiger partial charge in [0.1, 0.15) is 0 Å². The van der Waals surface area contributed by atoms with Crippen LogP contribution in [-0.4, -0.2) is 49.1 Å². The van der Waals surface area contributed by atoms with Crippen LogP contribution in [0.2, 0.25) is 0 Å². The number of hydroxylamine groups is 2. The Bertz CT molecular complexity index is 810. The van der Waals surface area contributed by atoms with Crippen molar-refractivity contribution in [2.75, 3.05) is 32.6 Å². The van der Waals surface area contributed by atoms with Gasteiger partial charge in [-0.3, -0.25) is 9.63 Å². The second-order valence-corrected chi connectivity index (χ2v) is 6.69. The summed E-state index contributed by atoms with van der Waals surface area (Å²) >= 11 is 0. The number of rotatable bonds is 4. The highest BCUT2D eigenvalue weighted by atomic mass is 16.7. The Morgan fingerprint density at radius 1 is 1.15 bits per heavy atom. The topological polar surface area (TPSA) is 87.9 Å². The molecule has 1 aliphatic heterocycles. The molecule has 0 aliphatic carbocycles. The van der Waals surface area contributed by atoms with Crippen LogP contribution < -0.4 is 11.1 Å². The van der Waals surface area contributed by atoms with E-state index in [0.717, 1.165) is 10.6 Å². The summed E-state index contributed by atoms with van der Waals surface area (Å²) in [5, 5.41) is 4.00. The van der Waals surface area contributed by atoms with Crippen LogP contribution in [0.4, 0.5) is 10.5 Å². The Morgan fingerprint density at radius 2 is 1.81 bits per heavy atom. The third-order valence-electron chi connectivity index (χ3n) is 4.88. The lowest BCUT2D eigenvalue weighted by molar-refractivity contribution is -0.0756. The third kappa shape index (κ3) is 4.10. The zero-order valence-electron chi connectivity index (χ0n) is 15.5. The highest BCUT2D eigenvalue weighted by Gasteiger charge is 2.38. The lowest BCUT2D eigenvalue weighted by Crippen LogP contribution is -2.42. The molecule has 1 heterocycles. The number of amides is 3. The molecule has 7 heteroatoms. The molecule has 1 unspecified atom stereocenters. The smallest absolute Gasteiger partial charge is 0.321 e. The van der Waals surface area contributed by atoms with Crippen molar-refractivity contribution in [2.24, 2.45) is 5.73 Å². The van der Waals surface area contributed by atoms with Crippen molar-refractivity contribution in [1.29, 1.82) is 0 Å². The number of nitrogens with two attached hydrogens (primary N) is 1. The molecule has 2 aromatic carbocycles. The Hall–Kier alpha value is -2.90. The molecular formula is C20H24N4O3. The number of hydrogen-bond acceptors (Lipinski definition) is 4. The van der Waals surface area contributed by atoms with E-state index < -0.39 is 5.54 Å². The normalized spacial score (nSPS) is 19.0. The van der Waals surface area contributed by atoms with Crippen LogP contribution >= 0.6 is 0 Å². The number of urea groups is 1. The van der Waals surface area contributed by atoms with Crippen molar-refractivity contribution in [1.82, 2.24) is 9.96 Å². The summed E-state index contributed by atoms with van der Waals surface area (Å²) in [6, 6.07) is 16.3. The fourth-order valence-electron chi connectivity index (χ4n) is 3.18. The maximum absolute atomic E-state index is 12.6. The quantitative estimate of drug-likeness (QED) is 0.811. The van der Waals surface area contributed by atoms with E-state index in [1.54, 1.807) is 29.2 Å². The zero-order chi connectivity index (χ0) is 19.4. The molecule has 0 radical (unpaired) electrons. The Balaban J connectivity index is 1.62. The second-order valence-electron chi connectivity index (χ2n) is 6.69.